The number of esters is 1. The van der Waals surface area contributed by atoms with Crippen LogP contribution in [-0.4, -0.2) is 38.2 Å². The van der Waals surface area contributed by atoms with Gasteiger partial charge in [-0.15, -0.1) is 0 Å². The summed E-state index contributed by atoms with van der Waals surface area (Å²) in [6.07, 6.45) is 0.955. The molecule has 2 aliphatic rings. The largest absolute Gasteiger partial charge is 0.504 e. The first-order valence-corrected chi connectivity index (χ1v) is 10.7. The van der Waals surface area contributed by atoms with E-state index < -0.39 is 11.9 Å². The number of dihydropyridines is 1. The number of methoxy groups -OCH3 is 3. The van der Waals surface area contributed by atoms with E-state index >= 15 is 0 Å². The van der Waals surface area contributed by atoms with E-state index in [0.717, 1.165) is 17.0 Å². The summed E-state index contributed by atoms with van der Waals surface area (Å²) in [5, 5.41) is 13.4. The minimum absolute atomic E-state index is 0.0112. The number of Topliss-reactive ketones (excluding diaryl/α,β-unsaturated/α-hetero) is 1. The first kappa shape index (κ1) is 22.5. The zero-order valence-electron chi connectivity index (χ0n) is 19.1. The standard InChI is InChI=1S/C26H27NO6/c1-14-23(26(30)33-4)24(16-7-10-20(28)22(13-16)32-3)25-19(27-14)11-17(12-21(25)29)15-5-8-18(31-2)9-6-15/h5-10,13,17,24,27-28H,11-12H2,1-4H3. The number of nitrogens with one attached hydrogen (secondary N) is 1. The van der Waals surface area contributed by atoms with Gasteiger partial charge in [0.05, 0.1) is 26.9 Å². The molecule has 0 saturated carbocycles. The van der Waals surface area contributed by atoms with E-state index in [4.69, 9.17) is 14.2 Å². The summed E-state index contributed by atoms with van der Waals surface area (Å²) in [6, 6.07) is 12.6. The van der Waals surface area contributed by atoms with E-state index in [1.54, 1.807) is 19.2 Å². The number of hydrogen-bond acceptors (Lipinski definition) is 7. The van der Waals surface area contributed by atoms with Gasteiger partial charge in [-0.05, 0) is 54.7 Å². The number of carbonyl (C=O) groups excluding carboxylic acids is 2. The maximum Gasteiger partial charge on any atom is 0.336 e. The molecule has 2 unspecified atom stereocenters. The number of benzene rings is 2. The zero-order valence-corrected chi connectivity index (χ0v) is 19.1. The van der Waals surface area contributed by atoms with Crippen LogP contribution < -0.4 is 14.8 Å². The fourth-order valence-corrected chi connectivity index (χ4v) is 4.74. The van der Waals surface area contributed by atoms with Crippen molar-refractivity contribution in [3.05, 3.63) is 76.1 Å². The SMILES string of the molecule is COC(=O)C1=C(C)NC2=C(C(=O)CC(c3ccc(OC)cc3)C2)C1c1ccc(O)c(OC)c1. The lowest BCUT2D eigenvalue weighted by atomic mass is 9.71. The van der Waals surface area contributed by atoms with Crippen molar-refractivity contribution in [3.8, 4) is 17.2 Å². The molecule has 0 spiro atoms. The second-order valence-electron chi connectivity index (χ2n) is 8.21. The molecule has 2 aromatic carbocycles. The molecular weight excluding hydrogens is 422 g/mol. The summed E-state index contributed by atoms with van der Waals surface area (Å²) in [7, 11) is 4.40. The van der Waals surface area contributed by atoms with E-state index in [9.17, 15) is 14.7 Å². The van der Waals surface area contributed by atoms with E-state index in [-0.39, 0.29) is 23.2 Å². The Morgan fingerprint density at radius 3 is 2.33 bits per heavy atom. The van der Waals surface area contributed by atoms with Gasteiger partial charge in [0.25, 0.3) is 0 Å². The molecule has 0 radical (unpaired) electrons. The third kappa shape index (κ3) is 4.06. The van der Waals surface area contributed by atoms with Gasteiger partial charge < -0.3 is 24.6 Å². The predicted molar refractivity (Wildman–Crippen MR) is 122 cm³/mol. The first-order valence-electron chi connectivity index (χ1n) is 10.7. The maximum atomic E-state index is 13.5. The molecule has 7 nitrogen and oxygen atoms in total. The molecule has 2 atom stereocenters. The molecule has 0 amide bonds. The third-order valence-electron chi connectivity index (χ3n) is 6.36. The molecule has 2 N–H and O–H groups in total. The van der Waals surface area contributed by atoms with Gasteiger partial charge in [0, 0.05) is 29.3 Å². The van der Waals surface area contributed by atoms with Crippen molar-refractivity contribution >= 4 is 11.8 Å². The number of phenols is 1. The predicted octanol–water partition coefficient (Wildman–Crippen LogP) is 3.94. The summed E-state index contributed by atoms with van der Waals surface area (Å²) in [4.78, 5) is 26.3. The van der Waals surface area contributed by atoms with Crippen molar-refractivity contribution in [3.63, 3.8) is 0 Å². The van der Waals surface area contributed by atoms with Crippen LogP contribution in [0.2, 0.25) is 0 Å². The highest BCUT2D eigenvalue weighted by Crippen LogP contribution is 2.46. The molecule has 7 heteroatoms. The van der Waals surface area contributed by atoms with Crippen molar-refractivity contribution in [2.75, 3.05) is 21.3 Å². The highest BCUT2D eigenvalue weighted by atomic mass is 16.5. The van der Waals surface area contributed by atoms with Gasteiger partial charge in [0.15, 0.2) is 17.3 Å². The number of ether oxygens (including phenoxy) is 3. The first-order chi connectivity index (χ1) is 15.9. The lowest BCUT2D eigenvalue weighted by Gasteiger charge is -2.36. The van der Waals surface area contributed by atoms with Gasteiger partial charge in [-0.25, -0.2) is 4.79 Å². The van der Waals surface area contributed by atoms with Crippen LogP contribution in [0.4, 0.5) is 0 Å². The molecule has 0 saturated heterocycles. The Bertz CT molecular complexity index is 1160. The Kier molecular flexibility index (Phi) is 6.14. The number of carbonyl (C=O) groups is 2. The fraction of sp³-hybridized carbons (Fsp3) is 0.308. The van der Waals surface area contributed by atoms with Crippen LogP contribution in [0.5, 0.6) is 17.2 Å². The van der Waals surface area contributed by atoms with E-state index in [0.29, 0.717) is 35.2 Å². The summed E-state index contributed by atoms with van der Waals surface area (Å²) in [6.45, 7) is 1.81. The van der Waals surface area contributed by atoms with Crippen LogP contribution in [0.1, 0.15) is 42.7 Å². The Morgan fingerprint density at radius 2 is 1.70 bits per heavy atom. The average Bonchev–Trinajstić information content (AvgIpc) is 2.83. The van der Waals surface area contributed by atoms with Gasteiger partial charge in [0.2, 0.25) is 0 Å². The molecule has 1 aliphatic heterocycles. The van der Waals surface area contributed by atoms with Crippen molar-refractivity contribution in [2.45, 2.75) is 31.6 Å². The van der Waals surface area contributed by atoms with Gasteiger partial charge in [-0.2, -0.15) is 0 Å². The van der Waals surface area contributed by atoms with Crippen LogP contribution in [-0.2, 0) is 14.3 Å². The maximum absolute atomic E-state index is 13.5. The van der Waals surface area contributed by atoms with Crippen LogP contribution in [0.3, 0.4) is 0 Å². The smallest absolute Gasteiger partial charge is 0.336 e. The minimum atomic E-state index is -0.618. The Hall–Kier alpha value is -3.74. The van der Waals surface area contributed by atoms with Gasteiger partial charge in [-0.3, -0.25) is 4.79 Å². The van der Waals surface area contributed by atoms with Crippen molar-refractivity contribution in [2.24, 2.45) is 0 Å². The molecule has 2 aromatic rings. The topological polar surface area (TPSA) is 94.1 Å². The van der Waals surface area contributed by atoms with E-state index in [2.05, 4.69) is 5.32 Å². The van der Waals surface area contributed by atoms with Gasteiger partial charge >= 0.3 is 5.97 Å². The number of rotatable bonds is 5. The average molecular weight is 450 g/mol. The van der Waals surface area contributed by atoms with Crippen molar-refractivity contribution in [1.82, 2.24) is 5.32 Å². The fourth-order valence-electron chi connectivity index (χ4n) is 4.74. The number of ketones is 1. The number of aromatic hydroxyl groups is 1. The summed E-state index contributed by atoms with van der Waals surface area (Å²) in [5.41, 5.74) is 4.10. The molecule has 0 fully saturated rings. The van der Waals surface area contributed by atoms with Crippen LogP contribution in [0, 0.1) is 0 Å². The summed E-state index contributed by atoms with van der Waals surface area (Å²) < 4.78 is 15.6. The molecule has 33 heavy (non-hydrogen) atoms. The normalized spacial score (nSPS) is 20.2. The molecule has 1 aliphatic carbocycles. The second-order valence-corrected chi connectivity index (χ2v) is 8.21. The zero-order chi connectivity index (χ0) is 23.7. The third-order valence-corrected chi connectivity index (χ3v) is 6.36. The summed E-state index contributed by atoms with van der Waals surface area (Å²) >= 11 is 0. The number of allylic oxidation sites excluding steroid dienone is 3. The van der Waals surface area contributed by atoms with Crippen molar-refractivity contribution < 1.29 is 28.9 Å². The Morgan fingerprint density at radius 1 is 1.00 bits per heavy atom. The van der Waals surface area contributed by atoms with E-state index in [1.807, 2.05) is 31.2 Å². The number of hydrogen-bond donors (Lipinski definition) is 2. The molecule has 1 heterocycles. The van der Waals surface area contributed by atoms with Crippen LogP contribution in [0.25, 0.3) is 0 Å². The quantitative estimate of drug-likeness (QED) is 0.668. The van der Waals surface area contributed by atoms with Crippen molar-refractivity contribution in [1.29, 1.82) is 0 Å². The molecule has 172 valence electrons. The lowest BCUT2D eigenvalue weighted by Crippen LogP contribution is -2.36. The Balaban J connectivity index is 1.80. The highest BCUT2D eigenvalue weighted by Gasteiger charge is 2.41. The minimum Gasteiger partial charge on any atom is -0.504 e. The molecule has 4 rings (SSSR count). The van der Waals surface area contributed by atoms with Crippen LogP contribution >= 0.6 is 0 Å². The van der Waals surface area contributed by atoms with Gasteiger partial charge in [0.1, 0.15) is 5.75 Å². The lowest BCUT2D eigenvalue weighted by molar-refractivity contribution is -0.136. The molecule has 0 bridgehead atoms. The molecule has 0 aromatic heterocycles. The number of phenolic OH excluding ortho intramolecular Hbond substituents is 1. The van der Waals surface area contributed by atoms with Gasteiger partial charge in [-0.1, -0.05) is 18.2 Å². The Labute approximate surface area is 192 Å². The van der Waals surface area contributed by atoms with Crippen LogP contribution in [0.15, 0.2) is 65.0 Å². The summed E-state index contributed by atoms with van der Waals surface area (Å²) in [5.74, 6) is -0.123. The highest BCUT2D eigenvalue weighted by molar-refractivity contribution is 6.04. The monoisotopic (exact) mass is 449 g/mol. The molecular formula is C26H27NO6. The van der Waals surface area contributed by atoms with E-state index in [1.165, 1.54) is 20.3 Å². The second kappa shape index (κ2) is 9.02.